The van der Waals surface area contributed by atoms with Crippen molar-refractivity contribution in [1.82, 2.24) is 0 Å². The van der Waals surface area contributed by atoms with Gasteiger partial charge in [-0.25, -0.2) is 9.13 Å². The Morgan fingerprint density at radius 1 is 0.279 bits per heavy atom. The maximum Gasteiger partial charge on any atom is 0.472 e. The fourth-order valence-corrected chi connectivity index (χ4v) is 12.3. The third-order valence-corrected chi connectivity index (χ3v) is 18.9. The van der Waals surface area contributed by atoms with Crippen molar-refractivity contribution in [3.8, 4) is 0 Å². The van der Waals surface area contributed by atoms with Crippen LogP contribution in [-0.4, -0.2) is 96.7 Å². The maximum absolute atomic E-state index is 13.1. The standard InChI is InChI=1S/C85H146O17P2/c1-5-9-13-17-21-25-29-33-35-37-39-41-43-47-50-54-58-62-66-70-83(88)96-76-81(102-85(90)72-68-64-60-56-52-48-44-42-40-38-36-34-30-26-22-18-14-10-6-2)78-100-104(93,94)98-74-79(86)73-97-103(91,92)99-77-80(101-84(89)71-67-63-59-55-51-46-32-28-24-20-16-12-8-4)75-95-82(87)69-65-61-57-53-49-45-31-27-23-19-15-11-7-3/h9,13,21-22,25-26,33-36,39-42,47-48,50,52,60,64,79-81,86H,5-8,10-12,14-20,23-24,27-32,37-38,43-46,49,51,53-59,61-63,65-78H2,1-4H3,(H,91,92)(H,93,94)/b13-9-,25-21-,26-22-,35-33-,36-34-,41-39-,42-40-,50-47-,52-48-,64-60-/t79-,80+,81+/m0/s1. The normalized spacial score (nSPS) is 14.5. The Bertz CT molecular complexity index is 2440. The van der Waals surface area contributed by atoms with E-state index in [1.807, 2.05) is 18.2 Å². The van der Waals surface area contributed by atoms with Gasteiger partial charge in [0.15, 0.2) is 12.2 Å². The van der Waals surface area contributed by atoms with E-state index >= 15 is 0 Å². The minimum absolute atomic E-state index is 0.0380. The number of phosphoric acid groups is 2. The van der Waals surface area contributed by atoms with Crippen LogP contribution in [-0.2, 0) is 65.4 Å². The van der Waals surface area contributed by atoms with Gasteiger partial charge in [-0.3, -0.25) is 37.3 Å². The highest BCUT2D eigenvalue weighted by molar-refractivity contribution is 7.47. The highest BCUT2D eigenvalue weighted by Gasteiger charge is 2.30. The first kappa shape index (κ1) is 99.5. The molecule has 19 heteroatoms. The highest BCUT2D eigenvalue weighted by Crippen LogP contribution is 2.45. The number of aliphatic hydroxyl groups is 1. The lowest BCUT2D eigenvalue weighted by Crippen LogP contribution is -2.30. The van der Waals surface area contributed by atoms with Gasteiger partial charge in [0.05, 0.1) is 26.4 Å². The zero-order valence-electron chi connectivity index (χ0n) is 65.4. The first-order valence-corrected chi connectivity index (χ1v) is 43.8. The molecule has 0 radical (unpaired) electrons. The summed E-state index contributed by atoms with van der Waals surface area (Å²) in [5, 5.41) is 10.6. The number of carbonyl (C=O) groups is 4. The number of phosphoric ester groups is 2. The number of hydrogen-bond acceptors (Lipinski definition) is 15. The quantitative estimate of drug-likeness (QED) is 0.0169. The van der Waals surface area contributed by atoms with Crippen LogP contribution in [0.3, 0.4) is 0 Å². The molecule has 0 aliphatic carbocycles. The average Bonchev–Trinajstić information content (AvgIpc) is 0.906. The average molecular weight is 1500 g/mol. The Labute approximate surface area is 632 Å². The van der Waals surface area contributed by atoms with Gasteiger partial charge in [0, 0.05) is 25.7 Å². The summed E-state index contributed by atoms with van der Waals surface area (Å²) in [4.78, 5) is 73.0. The molecule has 0 aromatic carbocycles. The van der Waals surface area contributed by atoms with Crippen LogP contribution in [0.5, 0.6) is 0 Å². The van der Waals surface area contributed by atoms with Crippen molar-refractivity contribution < 1.29 is 80.2 Å². The van der Waals surface area contributed by atoms with E-state index in [0.29, 0.717) is 32.1 Å². The summed E-state index contributed by atoms with van der Waals surface area (Å²) in [6, 6.07) is 0. The molecule has 5 atom stereocenters. The van der Waals surface area contributed by atoms with Crippen molar-refractivity contribution in [3.63, 3.8) is 0 Å². The summed E-state index contributed by atoms with van der Waals surface area (Å²) in [6.07, 6.45) is 84.7. The van der Waals surface area contributed by atoms with Crippen LogP contribution >= 0.6 is 15.6 Å². The number of rotatable bonds is 76. The Hall–Kier alpha value is -4.54. The largest absolute Gasteiger partial charge is 0.472 e. The number of esters is 4. The molecule has 0 saturated heterocycles. The van der Waals surface area contributed by atoms with Crippen LogP contribution in [0.15, 0.2) is 122 Å². The SMILES string of the molecule is CC/C=C\C/C=C\C/C=C\C/C=C\C/C=C\CCCCCC(=O)OC[C@H](COP(=O)(O)OC[C@@H](O)COP(=O)(O)OC[C@@H](COC(=O)CCCCCCCCCCCCCCC)OC(=O)CCCCCCCCCCCCCCC)OC(=O)CC/C=C\C/C=C\C/C=C\C/C=C\C/C=C\CCCCC. The molecule has 0 aromatic heterocycles. The maximum atomic E-state index is 13.1. The second kappa shape index (κ2) is 76.6. The van der Waals surface area contributed by atoms with Crippen LogP contribution in [0, 0.1) is 0 Å². The fourth-order valence-electron chi connectivity index (χ4n) is 10.8. The molecule has 17 nitrogen and oxygen atoms in total. The van der Waals surface area contributed by atoms with Gasteiger partial charge in [-0.15, -0.1) is 0 Å². The minimum atomic E-state index is -5.01. The van der Waals surface area contributed by atoms with Gasteiger partial charge in [0.2, 0.25) is 0 Å². The number of hydrogen-bond donors (Lipinski definition) is 3. The molecule has 0 aliphatic heterocycles. The molecule has 104 heavy (non-hydrogen) atoms. The summed E-state index contributed by atoms with van der Waals surface area (Å²) >= 11 is 0. The summed E-state index contributed by atoms with van der Waals surface area (Å²) < 4.78 is 68.5. The molecule has 0 amide bonds. The molecule has 0 bridgehead atoms. The van der Waals surface area contributed by atoms with Crippen molar-refractivity contribution in [2.24, 2.45) is 0 Å². The van der Waals surface area contributed by atoms with E-state index in [1.54, 1.807) is 0 Å². The lowest BCUT2D eigenvalue weighted by Gasteiger charge is -2.21. The zero-order chi connectivity index (χ0) is 76.0. The smallest absolute Gasteiger partial charge is 0.462 e. The van der Waals surface area contributed by atoms with Crippen molar-refractivity contribution >= 4 is 39.5 Å². The van der Waals surface area contributed by atoms with Crippen molar-refractivity contribution in [2.75, 3.05) is 39.6 Å². The van der Waals surface area contributed by atoms with Gasteiger partial charge in [-0.05, 0) is 109 Å². The van der Waals surface area contributed by atoms with Gasteiger partial charge in [-0.1, -0.05) is 323 Å². The molecular weight excluding hydrogens is 1350 g/mol. The van der Waals surface area contributed by atoms with E-state index in [0.717, 1.165) is 122 Å². The second-order valence-electron chi connectivity index (χ2n) is 27.0. The summed E-state index contributed by atoms with van der Waals surface area (Å²) in [5.41, 5.74) is 0. The summed E-state index contributed by atoms with van der Waals surface area (Å²) in [6.45, 7) is 4.65. The van der Waals surface area contributed by atoms with Gasteiger partial charge in [0.1, 0.15) is 19.3 Å². The lowest BCUT2D eigenvalue weighted by molar-refractivity contribution is -0.161. The van der Waals surface area contributed by atoms with Gasteiger partial charge < -0.3 is 33.8 Å². The molecule has 598 valence electrons. The third-order valence-electron chi connectivity index (χ3n) is 17.0. The van der Waals surface area contributed by atoms with E-state index in [2.05, 4.69) is 131 Å². The Balaban J connectivity index is 5.45. The van der Waals surface area contributed by atoms with Gasteiger partial charge in [-0.2, -0.15) is 0 Å². The van der Waals surface area contributed by atoms with Crippen molar-refractivity contribution in [2.45, 2.75) is 354 Å². The van der Waals surface area contributed by atoms with Crippen LogP contribution in [0.1, 0.15) is 336 Å². The minimum Gasteiger partial charge on any atom is -0.462 e. The predicted molar refractivity (Wildman–Crippen MR) is 427 cm³/mol. The van der Waals surface area contributed by atoms with Gasteiger partial charge in [0.25, 0.3) is 0 Å². The van der Waals surface area contributed by atoms with Crippen LogP contribution in [0.2, 0.25) is 0 Å². The van der Waals surface area contributed by atoms with Gasteiger partial charge >= 0.3 is 39.5 Å². The number of carbonyl (C=O) groups excluding carboxylic acids is 4. The second-order valence-corrected chi connectivity index (χ2v) is 29.9. The molecule has 0 aromatic rings. The van der Waals surface area contributed by atoms with E-state index in [1.165, 1.54) is 128 Å². The number of ether oxygens (including phenoxy) is 4. The molecule has 2 unspecified atom stereocenters. The Morgan fingerprint density at radius 2 is 0.519 bits per heavy atom. The molecule has 0 aliphatic rings. The summed E-state index contributed by atoms with van der Waals surface area (Å²) in [7, 11) is -9.99. The van der Waals surface area contributed by atoms with E-state index < -0.39 is 97.5 Å². The molecule has 0 heterocycles. The van der Waals surface area contributed by atoms with Crippen LogP contribution in [0.4, 0.5) is 0 Å². The molecule has 0 spiro atoms. The van der Waals surface area contributed by atoms with Crippen LogP contribution < -0.4 is 0 Å². The first-order chi connectivity index (χ1) is 50.7. The number of unbranched alkanes of at least 4 members (excludes halogenated alkanes) is 30. The number of aliphatic hydroxyl groups excluding tert-OH is 1. The van der Waals surface area contributed by atoms with E-state index in [9.17, 15) is 43.2 Å². The molecule has 0 saturated carbocycles. The fraction of sp³-hybridized carbons (Fsp3) is 0.718. The Kier molecular flexibility index (Phi) is 73.3. The van der Waals surface area contributed by atoms with E-state index in [-0.39, 0.29) is 25.7 Å². The third kappa shape index (κ3) is 75.7. The monoisotopic (exact) mass is 1500 g/mol. The predicted octanol–water partition coefficient (Wildman–Crippen LogP) is 23.9. The van der Waals surface area contributed by atoms with Crippen LogP contribution in [0.25, 0.3) is 0 Å². The molecule has 0 rings (SSSR count). The summed E-state index contributed by atoms with van der Waals surface area (Å²) in [5.74, 6) is -2.29. The Morgan fingerprint density at radius 3 is 0.846 bits per heavy atom. The lowest BCUT2D eigenvalue weighted by atomic mass is 10.0. The topological polar surface area (TPSA) is 237 Å². The van der Waals surface area contributed by atoms with E-state index in [4.69, 9.17) is 37.0 Å². The number of allylic oxidation sites excluding steroid dienone is 20. The van der Waals surface area contributed by atoms with Crippen molar-refractivity contribution in [3.05, 3.63) is 122 Å². The highest BCUT2D eigenvalue weighted by atomic mass is 31.2. The zero-order valence-corrected chi connectivity index (χ0v) is 67.2. The molecule has 3 N–H and O–H groups in total. The molecule has 0 fully saturated rings. The van der Waals surface area contributed by atoms with Crippen molar-refractivity contribution in [1.29, 1.82) is 0 Å². The first-order valence-electron chi connectivity index (χ1n) is 40.8. The molecular formula is C85H146O17P2.